The SMILES string of the molecule is CC(C)(C)OC(=O)NC(C(=O)NCC(=O)O)C1CCCCC1.Cc1cccc2c1CCCC2. The largest absolute Gasteiger partial charge is 0.480 e. The minimum atomic E-state index is -1.12. The Morgan fingerprint density at radius 3 is 2.33 bits per heavy atom. The third kappa shape index (κ3) is 9.44. The van der Waals surface area contributed by atoms with Gasteiger partial charge >= 0.3 is 12.1 Å². The number of carboxylic acid groups (broad SMARTS) is 1. The van der Waals surface area contributed by atoms with Crippen molar-refractivity contribution < 1.29 is 24.2 Å². The molecule has 0 spiro atoms. The number of benzene rings is 1. The number of hydrogen-bond acceptors (Lipinski definition) is 4. The van der Waals surface area contributed by atoms with Crippen molar-refractivity contribution in [2.24, 2.45) is 5.92 Å². The van der Waals surface area contributed by atoms with E-state index in [1.165, 1.54) is 31.2 Å². The summed E-state index contributed by atoms with van der Waals surface area (Å²) in [6.45, 7) is 6.99. The molecule has 2 amide bonds. The summed E-state index contributed by atoms with van der Waals surface area (Å²) < 4.78 is 5.19. The van der Waals surface area contributed by atoms with Gasteiger partial charge in [-0.25, -0.2) is 4.79 Å². The van der Waals surface area contributed by atoms with Crippen LogP contribution in [0.4, 0.5) is 4.79 Å². The van der Waals surface area contributed by atoms with E-state index in [1.54, 1.807) is 31.9 Å². The fourth-order valence-corrected chi connectivity index (χ4v) is 4.54. The third-order valence-electron chi connectivity index (χ3n) is 6.12. The monoisotopic (exact) mass is 460 g/mol. The molecule has 0 saturated heterocycles. The number of rotatable bonds is 5. The zero-order chi connectivity index (χ0) is 24.4. The highest BCUT2D eigenvalue weighted by Crippen LogP contribution is 2.27. The number of hydrogen-bond donors (Lipinski definition) is 3. The van der Waals surface area contributed by atoms with Gasteiger partial charge in [0.1, 0.15) is 18.2 Å². The van der Waals surface area contributed by atoms with Crippen LogP contribution in [0.3, 0.4) is 0 Å². The Balaban J connectivity index is 0.000000288. The van der Waals surface area contributed by atoms with Crippen molar-refractivity contribution in [2.45, 2.75) is 97.1 Å². The van der Waals surface area contributed by atoms with Gasteiger partial charge in [0.25, 0.3) is 0 Å². The molecule has 0 aromatic heterocycles. The summed E-state index contributed by atoms with van der Waals surface area (Å²) in [5.41, 5.74) is 4.05. The summed E-state index contributed by atoms with van der Waals surface area (Å²) >= 11 is 0. The van der Waals surface area contributed by atoms with Gasteiger partial charge in [0, 0.05) is 0 Å². The van der Waals surface area contributed by atoms with Crippen molar-refractivity contribution in [3.8, 4) is 0 Å². The van der Waals surface area contributed by atoms with Gasteiger partial charge in [-0.1, -0.05) is 37.5 Å². The lowest BCUT2D eigenvalue weighted by Gasteiger charge is -2.30. The highest BCUT2D eigenvalue weighted by molar-refractivity contribution is 5.88. The number of fused-ring (bicyclic) bond motifs is 1. The first kappa shape index (κ1) is 26.7. The predicted molar refractivity (Wildman–Crippen MR) is 128 cm³/mol. The van der Waals surface area contributed by atoms with E-state index < -0.39 is 36.2 Å². The van der Waals surface area contributed by atoms with Crippen molar-refractivity contribution in [2.75, 3.05) is 6.54 Å². The fourth-order valence-electron chi connectivity index (χ4n) is 4.54. The molecule has 1 aromatic carbocycles. The molecule has 2 aliphatic rings. The second-order valence-corrected chi connectivity index (χ2v) is 10.1. The van der Waals surface area contributed by atoms with E-state index in [0.717, 1.165) is 32.1 Å². The van der Waals surface area contributed by atoms with Gasteiger partial charge in [-0.2, -0.15) is 0 Å². The van der Waals surface area contributed by atoms with E-state index in [4.69, 9.17) is 9.84 Å². The summed E-state index contributed by atoms with van der Waals surface area (Å²) in [4.78, 5) is 34.7. The molecule has 0 heterocycles. The smallest absolute Gasteiger partial charge is 0.408 e. The second kappa shape index (κ2) is 12.6. The Hall–Kier alpha value is -2.57. The summed E-state index contributed by atoms with van der Waals surface area (Å²) in [5, 5.41) is 13.6. The van der Waals surface area contributed by atoms with Crippen LogP contribution in [0, 0.1) is 12.8 Å². The molecule has 0 radical (unpaired) electrons. The van der Waals surface area contributed by atoms with Gasteiger partial charge in [-0.15, -0.1) is 0 Å². The molecule has 0 aliphatic heterocycles. The van der Waals surface area contributed by atoms with E-state index in [1.807, 2.05) is 0 Å². The van der Waals surface area contributed by atoms with Crippen LogP contribution < -0.4 is 10.6 Å². The van der Waals surface area contributed by atoms with Gasteiger partial charge in [0.15, 0.2) is 0 Å². The Morgan fingerprint density at radius 1 is 1.06 bits per heavy atom. The molecular weight excluding hydrogens is 420 g/mol. The van der Waals surface area contributed by atoms with Gasteiger partial charge in [-0.3, -0.25) is 9.59 Å². The molecule has 1 aromatic rings. The molecule has 3 N–H and O–H groups in total. The van der Waals surface area contributed by atoms with Crippen LogP contribution in [0.15, 0.2) is 18.2 Å². The van der Waals surface area contributed by atoms with Gasteiger partial charge in [0.05, 0.1) is 0 Å². The van der Waals surface area contributed by atoms with Crippen molar-refractivity contribution in [3.05, 3.63) is 34.9 Å². The van der Waals surface area contributed by atoms with Gasteiger partial charge in [0.2, 0.25) is 5.91 Å². The molecule has 1 fully saturated rings. The zero-order valence-corrected chi connectivity index (χ0v) is 20.5. The minimum absolute atomic E-state index is 0.00932. The van der Waals surface area contributed by atoms with Crippen molar-refractivity contribution >= 4 is 18.0 Å². The summed E-state index contributed by atoms with van der Waals surface area (Å²) in [6.07, 6.45) is 9.52. The number of carbonyl (C=O) groups is 3. The lowest BCUT2D eigenvalue weighted by Crippen LogP contribution is -2.53. The maximum Gasteiger partial charge on any atom is 0.408 e. The van der Waals surface area contributed by atoms with E-state index in [-0.39, 0.29) is 5.92 Å². The quantitative estimate of drug-likeness (QED) is 0.599. The Bertz CT molecular complexity index is 809. The lowest BCUT2D eigenvalue weighted by molar-refractivity contribution is -0.138. The Kier molecular flexibility index (Phi) is 10.2. The topological polar surface area (TPSA) is 105 Å². The molecule has 0 bridgehead atoms. The fraction of sp³-hybridized carbons (Fsp3) is 0.654. The molecular formula is C26H40N2O5. The van der Waals surface area contributed by atoms with Crippen LogP contribution >= 0.6 is 0 Å². The average Bonchev–Trinajstić information content (AvgIpc) is 2.76. The summed E-state index contributed by atoms with van der Waals surface area (Å²) in [5.74, 6) is -1.58. The Labute approximate surface area is 197 Å². The van der Waals surface area contributed by atoms with Crippen LogP contribution in [-0.2, 0) is 27.2 Å². The first-order valence-electron chi connectivity index (χ1n) is 12.1. The molecule has 3 rings (SSSR count). The van der Waals surface area contributed by atoms with Gasteiger partial charge < -0.3 is 20.5 Å². The number of carbonyl (C=O) groups excluding carboxylic acids is 2. The van der Waals surface area contributed by atoms with Crippen molar-refractivity contribution in [1.82, 2.24) is 10.6 Å². The molecule has 7 heteroatoms. The molecule has 1 atom stereocenters. The number of amides is 2. The normalized spacial score (nSPS) is 17.0. The lowest BCUT2D eigenvalue weighted by atomic mass is 9.83. The number of nitrogens with one attached hydrogen (secondary N) is 2. The standard InChI is InChI=1S/C15H26N2O5.C11H14/c1-15(2,3)22-14(21)17-12(10-7-5-4-6-8-10)13(20)16-9-11(18)19;1-9-5-4-7-10-6-2-3-8-11(9)10/h10,12H,4-9H2,1-3H3,(H,16,20)(H,17,21)(H,18,19);4-5,7H,2-3,6,8H2,1H3. The van der Waals surface area contributed by atoms with Crippen LogP contribution in [0.25, 0.3) is 0 Å². The predicted octanol–water partition coefficient (Wildman–Crippen LogP) is 4.53. The molecule has 7 nitrogen and oxygen atoms in total. The molecule has 1 saturated carbocycles. The number of alkyl carbamates (subject to hydrolysis) is 1. The average molecular weight is 461 g/mol. The van der Waals surface area contributed by atoms with Crippen molar-refractivity contribution in [1.29, 1.82) is 0 Å². The molecule has 1 unspecified atom stereocenters. The molecule has 33 heavy (non-hydrogen) atoms. The molecule has 2 aliphatic carbocycles. The van der Waals surface area contributed by atoms with Gasteiger partial charge in [-0.05, 0) is 88.8 Å². The van der Waals surface area contributed by atoms with Crippen molar-refractivity contribution in [3.63, 3.8) is 0 Å². The van der Waals surface area contributed by atoms with Crippen LogP contribution in [0.5, 0.6) is 0 Å². The highest BCUT2D eigenvalue weighted by Gasteiger charge is 2.32. The Morgan fingerprint density at radius 2 is 1.73 bits per heavy atom. The summed E-state index contributed by atoms with van der Waals surface area (Å²) in [6, 6.07) is 5.93. The minimum Gasteiger partial charge on any atom is -0.480 e. The van der Waals surface area contributed by atoms with E-state index in [9.17, 15) is 14.4 Å². The molecule has 184 valence electrons. The first-order chi connectivity index (χ1) is 15.6. The maximum absolute atomic E-state index is 12.2. The maximum atomic E-state index is 12.2. The zero-order valence-electron chi connectivity index (χ0n) is 20.5. The second-order valence-electron chi connectivity index (χ2n) is 10.1. The highest BCUT2D eigenvalue weighted by atomic mass is 16.6. The first-order valence-corrected chi connectivity index (χ1v) is 12.1. The number of carboxylic acids is 1. The number of ether oxygens (including phenoxy) is 1. The van der Waals surface area contributed by atoms with Crippen LogP contribution in [0.2, 0.25) is 0 Å². The van der Waals surface area contributed by atoms with E-state index in [0.29, 0.717) is 0 Å². The van der Waals surface area contributed by atoms with E-state index >= 15 is 0 Å². The third-order valence-corrected chi connectivity index (χ3v) is 6.12. The van der Waals surface area contributed by atoms with E-state index in [2.05, 4.69) is 35.8 Å². The summed E-state index contributed by atoms with van der Waals surface area (Å²) in [7, 11) is 0. The van der Waals surface area contributed by atoms with Crippen LogP contribution in [0.1, 0.15) is 82.4 Å². The van der Waals surface area contributed by atoms with Crippen LogP contribution in [-0.4, -0.2) is 41.3 Å². The number of aryl methyl sites for hydroxylation is 2. The number of aliphatic carboxylic acids is 1.